The zero-order valence-corrected chi connectivity index (χ0v) is 11.4. The minimum atomic E-state index is -0.407. The topological polar surface area (TPSA) is 43.8 Å². The Bertz CT molecular complexity index is 338. The van der Waals surface area contributed by atoms with Crippen molar-refractivity contribution in [3.8, 4) is 0 Å². The minimum Gasteiger partial charge on any atom is -0.392 e. The lowest BCUT2D eigenvalue weighted by atomic mass is 10.3. The number of thiophene rings is 1. The van der Waals surface area contributed by atoms with Crippen molar-refractivity contribution in [1.29, 1.82) is 0 Å². The summed E-state index contributed by atoms with van der Waals surface area (Å²) < 4.78 is 0. The Hall–Kier alpha value is -0.910. The molecule has 0 fully saturated rings. The molecular weight excluding hydrogens is 236 g/mol. The Morgan fingerprint density at radius 1 is 1.53 bits per heavy atom. The molecule has 0 radical (unpaired) electrons. The van der Waals surface area contributed by atoms with Crippen molar-refractivity contribution in [2.45, 2.75) is 19.6 Å². The second-order valence-corrected chi connectivity index (χ2v) is 5.41. The van der Waals surface area contributed by atoms with Gasteiger partial charge in [-0.1, -0.05) is 6.07 Å². The minimum absolute atomic E-state index is 0.0709. The van der Waals surface area contributed by atoms with Crippen LogP contribution in [0.2, 0.25) is 0 Å². The summed E-state index contributed by atoms with van der Waals surface area (Å²) in [7, 11) is 3.64. The van der Waals surface area contributed by atoms with E-state index in [1.54, 1.807) is 30.2 Å². The molecule has 1 aromatic rings. The van der Waals surface area contributed by atoms with Gasteiger partial charge in [0.25, 0.3) is 0 Å². The number of carbonyl (C=O) groups is 1. The lowest BCUT2D eigenvalue weighted by molar-refractivity contribution is -0.131. The number of nitrogens with zero attached hydrogens (tertiary/aromatic N) is 2. The molecule has 17 heavy (non-hydrogen) atoms. The van der Waals surface area contributed by atoms with Crippen LogP contribution < -0.4 is 0 Å². The van der Waals surface area contributed by atoms with Crippen LogP contribution in [0.25, 0.3) is 0 Å². The Morgan fingerprint density at radius 3 is 2.76 bits per heavy atom. The molecule has 1 rings (SSSR count). The first-order valence-corrected chi connectivity index (χ1v) is 6.50. The van der Waals surface area contributed by atoms with E-state index in [0.29, 0.717) is 19.6 Å². The van der Waals surface area contributed by atoms with Gasteiger partial charge in [0, 0.05) is 18.5 Å². The molecule has 1 heterocycles. The average Bonchev–Trinajstić information content (AvgIpc) is 2.68. The number of aliphatic hydroxyl groups excluding tert-OH is 1. The molecule has 1 N–H and O–H groups in total. The van der Waals surface area contributed by atoms with Crippen molar-refractivity contribution in [1.82, 2.24) is 9.80 Å². The van der Waals surface area contributed by atoms with Crippen molar-refractivity contribution >= 4 is 17.2 Å². The molecule has 0 aliphatic carbocycles. The van der Waals surface area contributed by atoms with Gasteiger partial charge >= 0.3 is 0 Å². The standard InChI is InChI=1S/C12H20N2O2S/c1-10(15)7-13(2)9-12(16)14(3)8-11-5-4-6-17-11/h4-6,10,15H,7-9H2,1-3H3. The Balaban J connectivity index is 2.36. The lowest BCUT2D eigenvalue weighted by Gasteiger charge is -2.22. The molecule has 0 saturated carbocycles. The highest BCUT2D eigenvalue weighted by Gasteiger charge is 2.13. The number of amides is 1. The highest BCUT2D eigenvalue weighted by molar-refractivity contribution is 7.09. The van der Waals surface area contributed by atoms with Gasteiger partial charge < -0.3 is 10.0 Å². The van der Waals surface area contributed by atoms with Gasteiger partial charge in [-0.25, -0.2) is 0 Å². The van der Waals surface area contributed by atoms with Crippen molar-refractivity contribution in [2.75, 3.05) is 27.2 Å². The first kappa shape index (κ1) is 14.2. The summed E-state index contributed by atoms with van der Waals surface area (Å²) in [5.74, 6) is 0.0709. The molecule has 0 bridgehead atoms. The summed E-state index contributed by atoms with van der Waals surface area (Å²) >= 11 is 1.65. The molecule has 0 aromatic carbocycles. The van der Waals surface area contributed by atoms with Crippen LogP contribution in [0.4, 0.5) is 0 Å². The van der Waals surface area contributed by atoms with E-state index in [2.05, 4.69) is 0 Å². The van der Waals surface area contributed by atoms with E-state index >= 15 is 0 Å². The predicted molar refractivity (Wildman–Crippen MR) is 70.0 cm³/mol. The third-order valence-electron chi connectivity index (χ3n) is 2.38. The number of likely N-dealkylation sites (N-methyl/N-ethyl adjacent to an activating group) is 2. The molecule has 0 aliphatic rings. The molecule has 1 aromatic heterocycles. The third kappa shape index (κ3) is 5.30. The Morgan fingerprint density at radius 2 is 2.24 bits per heavy atom. The second kappa shape index (κ2) is 6.74. The van der Waals surface area contributed by atoms with Gasteiger partial charge in [-0.15, -0.1) is 11.3 Å². The normalized spacial score (nSPS) is 12.8. The fraction of sp³-hybridized carbons (Fsp3) is 0.583. The molecule has 96 valence electrons. The third-order valence-corrected chi connectivity index (χ3v) is 3.24. The number of aliphatic hydroxyl groups is 1. The number of hydrogen-bond acceptors (Lipinski definition) is 4. The molecule has 0 saturated heterocycles. The zero-order valence-electron chi connectivity index (χ0n) is 10.6. The van der Waals surface area contributed by atoms with E-state index in [4.69, 9.17) is 0 Å². The van der Waals surface area contributed by atoms with Crippen LogP contribution in [0.5, 0.6) is 0 Å². The summed E-state index contributed by atoms with van der Waals surface area (Å²) in [6.45, 7) is 3.22. The summed E-state index contributed by atoms with van der Waals surface area (Å²) in [5, 5.41) is 11.2. The van der Waals surface area contributed by atoms with E-state index in [0.717, 1.165) is 0 Å². The van der Waals surface area contributed by atoms with Gasteiger partial charge in [0.05, 0.1) is 19.2 Å². The second-order valence-electron chi connectivity index (χ2n) is 4.37. The van der Waals surface area contributed by atoms with Crippen molar-refractivity contribution in [2.24, 2.45) is 0 Å². The van der Waals surface area contributed by atoms with Crippen LogP contribution in [0.3, 0.4) is 0 Å². The van der Waals surface area contributed by atoms with Crippen molar-refractivity contribution in [3.05, 3.63) is 22.4 Å². The molecule has 1 atom stereocenters. The van der Waals surface area contributed by atoms with Crippen molar-refractivity contribution in [3.63, 3.8) is 0 Å². The molecule has 1 unspecified atom stereocenters. The maximum Gasteiger partial charge on any atom is 0.236 e. The van der Waals surface area contributed by atoms with Gasteiger partial charge in [-0.2, -0.15) is 0 Å². The van der Waals surface area contributed by atoms with Gasteiger partial charge in [-0.3, -0.25) is 9.69 Å². The molecule has 4 nitrogen and oxygen atoms in total. The van der Waals surface area contributed by atoms with Gasteiger partial charge in [-0.05, 0) is 25.4 Å². The molecule has 1 amide bonds. The number of carbonyl (C=O) groups excluding carboxylic acids is 1. The van der Waals surface area contributed by atoms with Crippen molar-refractivity contribution < 1.29 is 9.90 Å². The molecule has 0 aliphatic heterocycles. The average molecular weight is 256 g/mol. The maximum absolute atomic E-state index is 11.9. The lowest BCUT2D eigenvalue weighted by Crippen LogP contribution is -2.38. The van der Waals surface area contributed by atoms with Crippen LogP contribution in [0.1, 0.15) is 11.8 Å². The molecular formula is C12H20N2O2S. The SMILES string of the molecule is CC(O)CN(C)CC(=O)N(C)Cc1cccs1. The van der Waals surface area contributed by atoms with Crippen LogP contribution in [-0.4, -0.2) is 54.1 Å². The van der Waals surface area contributed by atoms with Gasteiger partial charge in [0.15, 0.2) is 0 Å². The van der Waals surface area contributed by atoms with Crippen LogP contribution in [-0.2, 0) is 11.3 Å². The fourth-order valence-electron chi connectivity index (χ4n) is 1.59. The van der Waals surface area contributed by atoms with E-state index in [9.17, 15) is 9.90 Å². The summed E-state index contributed by atoms with van der Waals surface area (Å²) in [4.78, 5) is 16.6. The summed E-state index contributed by atoms with van der Waals surface area (Å²) in [6.07, 6.45) is -0.407. The summed E-state index contributed by atoms with van der Waals surface area (Å²) in [5.41, 5.74) is 0. The Kier molecular flexibility index (Phi) is 5.61. The molecule has 0 spiro atoms. The van der Waals surface area contributed by atoms with E-state index in [1.807, 2.05) is 29.5 Å². The van der Waals surface area contributed by atoms with Gasteiger partial charge in [0.2, 0.25) is 5.91 Å². The van der Waals surface area contributed by atoms with Gasteiger partial charge in [0.1, 0.15) is 0 Å². The predicted octanol–water partition coefficient (Wildman–Crippen LogP) is 1.02. The number of hydrogen-bond donors (Lipinski definition) is 1. The zero-order chi connectivity index (χ0) is 12.8. The maximum atomic E-state index is 11.9. The first-order valence-electron chi connectivity index (χ1n) is 5.62. The fourth-order valence-corrected chi connectivity index (χ4v) is 2.35. The van der Waals surface area contributed by atoms with Crippen LogP contribution in [0, 0.1) is 0 Å². The monoisotopic (exact) mass is 256 g/mol. The first-order chi connectivity index (χ1) is 7.99. The van der Waals surface area contributed by atoms with E-state index in [1.165, 1.54) is 4.88 Å². The quantitative estimate of drug-likeness (QED) is 0.826. The highest BCUT2D eigenvalue weighted by Crippen LogP contribution is 2.10. The highest BCUT2D eigenvalue weighted by atomic mass is 32.1. The molecule has 5 heteroatoms. The smallest absolute Gasteiger partial charge is 0.236 e. The van der Waals surface area contributed by atoms with Crippen LogP contribution >= 0.6 is 11.3 Å². The van der Waals surface area contributed by atoms with E-state index in [-0.39, 0.29) is 5.91 Å². The van der Waals surface area contributed by atoms with E-state index < -0.39 is 6.10 Å². The number of rotatable bonds is 6. The Labute approximate surface area is 106 Å². The largest absolute Gasteiger partial charge is 0.392 e. The summed E-state index contributed by atoms with van der Waals surface area (Å²) in [6, 6.07) is 4.01. The van der Waals surface area contributed by atoms with Crippen LogP contribution in [0.15, 0.2) is 17.5 Å².